The summed E-state index contributed by atoms with van der Waals surface area (Å²) in [6.07, 6.45) is 3.66. The third-order valence-electron chi connectivity index (χ3n) is 3.01. The number of rotatable bonds is 3. The van der Waals surface area contributed by atoms with Crippen molar-refractivity contribution in [3.63, 3.8) is 0 Å². The Kier molecular flexibility index (Phi) is 4.55. The number of hydrogen-bond donors (Lipinski definition) is 1. The number of ether oxygens (including phenoxy) is 1. The molecule has 1 saturated heterocycles. The Morgan fingerprint density at radius 1 is 1.56 bits per heavy atom. The molecule has 0 bridgehead atoms. The number of aryl methyl sites for hydroxylation is 1. The Bertz CT molecular complexity index is 431. The quantitative estimate of drug-likeness (QED) is 0.858. The predicted molar refractivity (Wildman–Crippen MR) is 70.8 cm³/mol. The summed E-state index contributed by atoms with van der Waals surface area (Å²) in [5, 5.41) is 3.28. The van der Waals surface area contributed by atoms with Crippen LogP contribution in [0.25, 0.3) is 0 Å². The van der Waals surface area contributed by atoms with Crippen molar-refractivity contribution in [2.24, 2.45) is 0 Å². The van der Waals surface area contributed by atoms with E-state index < -0.39 is 0 Å². The molecule has 18 heavy (non-hydrogen) atoms. The van der Waals surface area contributed by atoms with Crippen molar-refractivity contribution in [1.29, 1.82) is 0 Å². The van der Waals surface area contributed by atoms with Crippen LogP contribution < -0.4 is 5.32 Å². The Morgan fingerprint density at radius 3 is 3.06 bits per heavy atom. The minimum absolute atomic E-state index is 0.0332. The van der Waals surface area contributed by atoms with Crippen LogP contribution in [-0.4, -0.2) is 23.6 Å². The molecule has 5 heteroatoms. The zero-order chi connectivity index (χ0) is 13.0. The number of aromatic nitrogens is 1. The normalized spacial score (nSPS) is 19.6. The molecular weight excluding hydrogens is 252 g/mol. The number of anilines is 1. The van der Waals surface area contributed by atoms with Gasteiger partial charge < -0.3 is 10.1 Å². The molecule has 1 fully saturated rings. The molecule has 1 N–H and O–H groups in total. The van der Waals surface area contributed by atoms with Gasteiger partial charge in [-0.2, -0.15) is 0 Å². The number of amides is 1. The number of carbonyl (C=O) groups excluding carboxylic acids is 1. The van der Waals surface area contributed by atoms with Gasteiger partial charge in [-0.15, -0.1) is 0 Å². The molecule has 0 aromatic carbocycles. The maximum atomic E-state index is 11.9. The van der Waals surface area contributed by atoms with Gasteiger partial charge in [-0.25, -0.2) is 4.98 Å². The van der Waals surface area contributed by atoms with E-state index >= 15 is 0 Å². The summed E-state index contributed by atoms with van der Waals surface area (Å²) in [5.74, 6) is -0.0332. The van der Waals surface area contributed by atoms with Crippen molar-refractivity contribution < 1.29 is 9.53 Å². The van der Waals surface area contributed by atoms with Gasteiger partial charge in [0.25, 0.3) is 0 Å². The van der Waals surface area contributed by atoms with Gasteiger partial charge in [0.05, 0.1) is 23.9 Å². The van der Waals surface area contributed by atoms with E-state index in [4.69, 9.17) is 16.3 Å². The molecule has 0 radical (unpaired) electrons. The number of nitrogens with zero attached hydrogens (tertiary/aromatic N) is 1. The highest BCUT2D eigenvalue weighted by molar-refractivity contribution is 6.29. The van der Waals surface area contributed by atoms with E-state index in [2.05, 4.69) is 10.3 Å². The minimum Gasteiger partial charge on any atom is -0.378 e. The van der Waals surface area contributed by atoms with E-state index in [-0.39, 0.29) is 12.0 Å². The molecule has 1 aliphatic heterocycles. The molecule has 0 spiro atoms. The first-order valence-corrected chi connectivity index (χ1v) is 6.57. The third-order valence-corrected chi connectivity index (χ3v) is 3.22. The van der Waals surface area contributed by atoms with E-state index in [0.717, 1.165) is 31.6 Å². The lowest BCUT2D eigenvalue weighted by molar-refractivity contribution is -0.119. The van der Waals surface area contributed by atoms with E-state index in [1.54, 1.807) is 12.1 Å². The van der Waals surface area contributed by atoms with Gasteiger partial charge in [-0.1, -0.05) is 11.6 Å². The van der Waals surface area contributed by atoms with Crippen molar-refractivity contribution in [2.75, 3.05) is 11.9 Å². The first kappa shape index (κ1) is 13.3. The molecule has 0 aliphatic carbocycles. The lowest BCUT2D eigenvalue weighted by atomic mass is 10.1. The highest BCUT2D eigenvalue weighted by atomic mass is 35.5. The molecular formula is C13H17ClN2O2. The Morgan fingerprint density at radius 2 is 2.39 bits per heavy atom. The first-order valence-electron chi connectivity index (χ1n) is 6.20. The van der Waals surface area contributed by atoms with Gasteiger partial charge in [-0.3, -0.25) is 4.79 Å². The van der Waals surface area contributed by atoms with Crippen LogP contribution in [0.3, 0.4) is 0 Å². The second-order valence-corrected chi connectivity index (χ2v) is 4.90. The number of pyridine rings is 1. The monoisotopic (exact) mass is 268 g/mol. The molecule has 1 unspecified atom stereocenters. The maximum absolute atomic E-state index is 11.9. The van der Waals surface area contributed by atoms with Crippen LogP contribution in [0.2, 0.25) is 5.15 Å². The second kappa shape index (κ2) is 6.16. The summed E-state index contributed by atoms with van der Waals surface area (Å²) in [6, 6.07) is 3.44. The number of nitrogens with one attached hydrogen (secondary N) is 1. The predicted octanol–water partition coefficient (Wildman–Crippen LogP) is 2.94. The standard InChI is InChI=1S/C13H17ClN2O2/c1-9-11(5-6-12(14)15-9)16-13(17)8-10-4-2-3-7-18-10/h5-6,10H,2-4,7-8H2,1H3,(H,16,17). The van der Waals surface area contributed by atoms with Crippen LogP contribution in [-0.2, 0) is 9.53 Å². The molecule has 1 aliphatic rings. The molecule has 1 atom stereocenters. The maximum Gasteiger partial charge on any atom is 0.227 e. The van der Waals surface area contributed by atoms with Crippen molar-refractivity contribution in [3.05, 3.63) is 23.0 Å². The van der Waals surface area contributed by atoms with Gasteiger partial charge in [0.2, 0.25) is 5.91 Å². The summed E-state index contributed by atoms with van der Waals surface area (Å²) in [5.41, 5.74) is 1.43. The minimum atomic E-state index is -0.0332. The van der Waals surface area contributed by atoms with Crippen LogP contribution >= 0.6 is 11.6 Å². The fraction of sp³-hybridized carbons (Fsp3) is 0.538. The molecule has 0 saturated carbocycles. The van der Waals surface area contributed by atoms with Gasteiger partial charge in [-0.05, 0) is 38.3 Å². The van der Waals surface area contributed by atoms with Crippen LogP contribution in [0, 0.1) is 6.92 Å². The molecule has 1 aromatic rings. The summed E-state index contributed by atoms with van der Waals surface area (Å²) in [6.45, 7) is 2.58. The topological polar surface area (TPSA) is 51.2 Å². The van der Waals surface area contributed by atoms with Gasteiger partial charge >= 0.3 is 0 Å². The summed E-state index contributed by atoms with van der Waals surface area (Å²) in [4.78, 5) is 16.0. The van der Waals surface area contributed by atoms with Crippen LogP contribution in [0.4, 0.5) is 5.69 Å². The number of halogens is 1. The first-order chi connectivity index (χ1) is 8.65. The van der Waals surface area contributed by atoms with E-state index in [9.17, 15) is 4.79 Å². The van der Waals surface area contributed by atoms with Crippen LogP contribution in [0.1, 0.15) is 31.4 Å². The second-order valence-electron chi connectivity index (χ2n) is 4.51. The zero-order valence-electron chi connectivity index (χ0n) is 10.4. The number of hydrogen-bond acceptors (Lipinski definition) is 3. The number of carbonyl (C=O) groups is 1. The highest BCUT2D eigenvalue weighted by Gasteiger charge is 2.18. The van der Waals surface area contributed by atoms with Crippen molar-refractivity contribution in [1.82, 2.24) is 4.98 Å². The van der Waals surface area contributed by atoms with E-state index in [0.29, 0.717) is 17.3 Å². The highest BCUT2D eigenvalue weighted by Crippen LogP contribution is 2.19. The Balaban J connectivity index is 1.90. The largest absolute Gasteiger partial charge is 0.378 e. The Hall–Kier alpha value is -1.13. The van der Waals surface area contributed by atoms with E-state index in [1.165, 1.54) is 0 Å². The Labute approximate surface area is 112 Å². The molecule has 2 rings (SSSR count). The lowest BCUT2D eigenvalue weighted by Gasteiger charge is -2.22. The average Bonchev–Trinajstić information content (AvgIpc) is 2.34. The summed E-state index contributed by atoms with van der Waals surface area (Å²) >= 11 is 5.77. The summed E-state index contributed by atoms with van der Waals surface area (Å²) in [7, 11) is 0. The van der Waals surface area contributed by atoms with E-state index in [1.807, 2.05) is 6.92 Å². The van der Waals surface area contributed by atoms with Crippen molar-refractivity contribution >= 4 is 23.2 Å². The molecule has 1 aromatic heterocycles. The van der Waals surface area contributed by atoms with Gasteiger partial charge in [0.1, 0.15) is 5.15 Å². The average molecular weight is 269 g/mol. The SMILES string of the molecule is Cc1nc(Cl)ccc1NC(=O)CC1CCCCO1. The summed E-state index contributed by atoms with van der Waals surface area (Å²) < 4.78 is 5.54. The fourth-order valence-corrected chi connectivity index (χ4v) is 2.23. The smallest absolute Gasteiger partial charge is 0.227 e. The van der Waals surface area contributed by atoms with Crippen molar-refractivity contribution in [3.8, 4) is 0 Å². The zero-order valence-corrected chi connectivity index (χ0v) is 11.2. The van der Waals surface area contributed by atoms with Crippen LogP contribution in [0.5, 0.6) is 0 Å². The molecule has 2 heterocycles. The molecule has 4 nitrogen and oxygen atoms in total. The van der Waals surface area contributed by atoms with Crippen LogP contribution in [0.15, 0.2) is 12.1 Å². The van der Waals surface area contributed by atoms with Gasteiger partial charge in [0, 0.05) is 6.61 Å². The fourth-order valence-electron chi connectivity index (χ4n) is 2.04. The van der Waals surface area contributed by atoms with Crippen molar-refractivity contribution in [2.45, 2.75) is 38.7 Å². The third kappa shape index (κ3) is 3.68. The molecule has 1 amide bonds. The lowest BCUT2D eigenvalue weighted by Crippen LogP contribution is -2.25. The van der Waals surface area contributed by atoms with Gasteiger partial charge in [0.15, 0.2) is 0 Å². The molecule has 98 valence electrons.